The van der Waals surface area contributed by atoms with Crippen molar-refractivity contribution in [3.05, 3.63) is 647 Å². The molecule has 8 nitrogen and oxygen atoms in total. The van der Waals surface area contributed by atoms with E-state index in [-0.39, 0.29) is 0 Å². The fourth-order valence-corrected chi connectivity index (χ4v) is 30.4. The molecule has 149 heavy (non-hydrogen) atoms. The van der Waals surface area contributed by atoms with Gasteiger partial charge in [-0.2, -0.15) is 0 Å². The zero-order valence-corrected chi connectivity index (χ0v) is 86.6. The van der Waals surface area contributed by atoms with E-state index < -0.39 is 23.9 Å². The Labute approximate surface area is 879 Å². The Bertz CT molecular complexity index is 7430. The molecule has 7 heterocycles. The highest BCUT2D eigenvalue weighted by atomic mass is 32.1. The molecule has 12 heteroatoms. The Kier molecular flexibility index (Phi) is 33.9. The number of benzene rings is 18. The summed E-state index contributed by atoms with van der Waals surface area (Å²) in [6.07, 6.45) is 22.1. The Balaban J connectivity index is 0.000000105. The van der Waals surface area contributed by atoms with Crippen LogP contribution in [0.3, 0.4) is 0 Å². The van der Waals surface area contributed by atoms with E-state index in [1.165, 1.54) is 163 Å². The zero-order valence-electron chi connectivity index (χ0n) is 82.8. The van der Waals surface area contributed by atoms with Crippen LogP contribution in [0, 0.1) is 0 Å². The van der Waals surface area contributed by atoms with Crippen LogP contribution in [0.15, 0.2) is 606 Å². The molecule has 0 unspecified atom stereocenters. The Hall–Kier alpha value is -17.8. The van der Waals surface area contributed by atoms with Crippen LogP contribution in [0.4, 0.5) is 0 Å². The lowest BCUT2D eigenvalue weighted by Crippen LogP contribution is -2.74. The number of hydrogen-bond acceptors (Lipinski definition) is 9. The summed E-state index contributed by atoms with van der Waals surface area (Å²) < 4.78 is 20.4. The van der Waals surface area contributed by atoms with E-state index >= 15 is 0 Å². The summed E-state index contributed by atoms with van der Waals surface area (Å²) in [5.41, 5.74) is 23.9. The van der Waals surface area contributed by atoms with Crippen molar-refractivity contribution in [3.63, 3.8) is 0 Å². The molecule has 4 aliphatic carbocycles. The number of para-hydroxylation sites is 2. The second-order valence-corrected chi connectivity index (χ2v) is 46.6. The molecule has 4 aliphatic rings. The summed E-state index contributed by atoms with van der Waals surface area (Å²) in [6.45, 7) is 2.44. The van der Waals surface area contributed by atoms with Gasteiger partial charge in [0.25, 0.3) is 0 Å². The van der Waals surface area contributed by atoms with Crippen molar-refractivity contribution < 1.29 is 8.98 Å². The van der Waals surface area contributed by atoms with E-state index in [0.717, 1.165) is 47.5 Å². The molecular weight excluding hydrogens is 1880 g/mol. The number of aromatic nitrogens is 6. The van der Waals surface area contributed by atoms with E-state index in [1.54, 1.807) is 30.9 Å². The molecule has 0 saturated heterocycles. The van der Waals surface area contributed by atoms with Crippen LogP contribution >= 0.6 is 19.1 Å². The Morgan fingerprint density at radius 1 is 0.221 bits per heavy atom. The summed E-state index contributed by atoms with van der Waals surface area (Å²) in [5, 5.41) is 16.9. The minimum Gasteiger partial charge on any atom is -0.456 e. The molecule has 718 valence electrons. The molecule has 0 atom stereocenters. The van der Waals surface area contributed by atoms with Crippen LogP contribution in [0.5, 0.6) is 0 Å². The smallest absolute Gasteiger partial charge is 0.415 e. The summed E-state index contributed by atoms with van der Waals surface area (Å²) in [6, 6.07) is 188. The molecular formula is C137H110N6O2PSSi2+. The van der Waals surface area contributed by atoms with Gasteiger partial charge in [-0.3, -0.25) is 19.9 Å². The fraction of sp³-hybridized carbons (Fsp3) is 0.0365. The fourth-order valence-electron chi connectivity index (χ4n) is 19.7. The lowest BCUT2D eigenvalue weighted by atomic mass is 10.1. The van der Waals surface area contributed by atoms with Crippen molar-refractivity contribution in [3.8, 4) is 44.5 Å². The molecule has 0 N–H and O–H groups in total. The quantitative estimate of drug-likeness (QED) is 0.0799. The molecule has 0 aliphatic heterocycles. The number of thiophene rings is 1. The maximum Gasteiger partial charge on any atom is 0.415 e. The van der Waals surface area contributed by atoms with Gasteiger partial charge < -0.3 is 4.42 Å². The second kappa shape index (κ2) is 50.6. The molecule has 18 aromatic carbocycles. The molecule has 0 fully saturated rings. The molecule has 29 rings (SSSR count). The van der Waals surface area contributed by atoms with Gasteiger partial charge in [0, 0.05) is 111 Å². The summed E-state index contributed by atoms with van der Waals surface area (Å²) in [5.74, 6) is 0. The predicted molar refractivity (Wildman–Crippen MR) is 631 cm³/mol. The van der Waals surface area contributed by atoms with Crippen molar-refractivity contribution in [2.24, 2.45) is 0 Å². The average molecular weight is 1990 g/mol. The Morgan fingerprint density at radius 3 is 0.899 bits per heavy atom. The minimum absolute atomic E-state index is 0.883. The van der Waals surface area contributed by atoms with Crippen molar-refractivity contribution in [2.75, 3.05) is 0 Å². The minimum atomic E-state index is -2.30. The van der Waals surface area contributed by atoms with Crippen molar-refractivity contribution >= 4 is 124 Å². The van der Waals surface area contributed by atoms with Gasteiger partial charge >= 0.3 is 7.80 Å². The third-order valence-corrected chi connectivity index (χ3v) is 38.9. The molecule has 0 amide bonds. The van der Waals surface area contributed by atoms with Crippen molar-refractivity contribution in [2.45, 2.75) is 32.2 Å². The van der Waals surface area contributed by atoms with Gasteiger partial charge in [0.2, 0.25) is 0 Å². The Morgan fingerprint density at radius 2 is 0.517 bits per heavy atom. The maximum absolute atomic E-state index is 12.0. The van der Waals surface area contributed by atoms with Gasteiger partial charge in [0.15, 0.2) is 18.7 Å². The monoisotopic (exact) mass is 1990 g/mol. The van der Waals surface area contributed by atoms with Crippen LogP contribution in [0.1, 0.15) is 44.6 Å². The third kappa shape index (κ3) is 24.4. The number of fused-ring (bicyclic) bond motifs is 18. The molecule has 0 spiro atoms. The van der Waals surface area contributed by atoms with Crippen LogP contribution in [0.2, 0.25) is 6.55 Å². The highest BCUT2D eigenvalue weighted by Gasteiger charge is 2.41. The number of nitrogens with zero attached hydrogens (tertiary/aromatic N) is 6. The zero-order chi connectivity index (χ0) is 101. The van der Waals surface area contributed by atoms with E-state index in [0.29, 0.717) is 0 Å². The average Bonchev–Trinajstić information content (AvgIpc) is 1.72. The van der Waals surface area contributed by atoms with Crippen LogP contribution in [0.25, 0.3) is 86.6 Å². The van der Waals surface area contributed by atoms with Crippen molar-refractivity contribution in [1.82, 2.24) is 29.9 Å². The maximum atomic E-state index is 12.0. The molecule has 0 saturated carbocycles. The lowest BCUT2D eigenvalue weighted by Gasteiger charge is -2.34. The van der Waals surface area contributed by atoms with Gasteiger partial charge in [-0.15, -0.1) is 11.3 Å². The molecule has 7 aromatic heterocycles. The summed E-state index contributed by atoms with van der Waals surface area (Å²) in [7, 11) is -5.60. The van der Waals surface area contributed by atoms with Gasteiger partial charge in [-0.1, -0.05) is 466 Å². The van der Waals surface area contributed by atoms with Crippen LogP contribution in [-0.2, 0) is 30.2 Å². The van der Waals surface area contributed by atoms with Crippen LogP contribution < -0.4 is 46.9 Å². The first-order chi connectivity index (χ1) is 73.8. The molecule has 0 bridgehead atoms. The topological polar surface area (TPSA) is 108 Å². The summed E-state index contributed by atoms with van der Waals surface area (Å²) >= 11 is 1.86. The third-order valence-electron chi connectivity index (χ3n) is 26.9. The van der Waals surface area contributed by atoms with Gasteiger partial charge in [-0.25, -0.2) is 9.97 Å². The first-order valence-corrected chi connectivity index (χ1v) is 56.8. The van der Waals surface area contributed by atoms with E-state index in [9.17, 15) is 4.57 Å². The summed E-state index contributed by atoms with van der Waals surface area (Å²) in [4.78, 5) is 23.8. The lowest BCUT2D eigenvalue weighted by molar-refractivity contribution is 0.598. The van der Waals surface area contributed by atoms with Gasteiger partial charge in [0.1, 0.15) is 25.6 Å². The second-order valence-electron chi connectivity index (χ2n) is 36.1. The number of furan rings is 1. The van der Waals surface area contributed by atoms with Crippen LogP contribution in [-0.4, -0.2) is 46.1 Å². The largest absolute Gasteiger partial charge is 0.456 e. The highest BCUT2D eigenvalue weighted by molar-refractivity contribution is 7.61. The number of hydrogen-bond donors (Lipinski definition) is 0. The van der Waals surface area contributed by atoms with E-state index in [4.69, 9.17) is 4.42 Å². The highest BCUT2D eigenvalue weighted by Crippen LogP contribution is 2.40. The number of pyridine rings is 4. The van der Waals surface area contributed by atoms with E-state index in [2.05, 4.69) is 449 Å². The number of rotatable bonds is 9. The SMILES string of the molecule is C[Si](c1ccccc1)(c1ccccc1)c1ccccc1.O=[P+](c1ccccc1)c1ccccc1.c1ccc([Si](c2ccccc2)(c2ccccc2)c2ccccc2)cc1.c1ccc2c(c1)Cc1ccccc1-2.c1ccc2c(c1)Cc1ccncc1-2.c1ccc2c(c1)Cc1cnccc1-2.c1ccc2c(c1)Cc1ncccc1-2.c1ccc2c(c1)oc1ccccc12.c1ccc2c(c1)sc1ccccc12.c1ccncc1.c1cncnc1. The van der Waals surface area contributed by atoms with E-state index in [1.807, 2.05) is 164 Å². The predicted octanol–water partition coefficient (Wildman–Crippen LogP) is 28.7. The van der Waals surface area contributed by atoms with Gasteiger partial charge in [-0.05, 0) is 206 Å². The normalized spacial score (nSPS) is 11.2. The molecule has 0 radical (unpaired) electrons. The van der Waals surface area contributed by atoms with Crippen molar-refractivity contribution in [1.29, 1.82) is 0 Å². The first-order valence-electron chi connectivity index (χ1n) is 50.3. The first kappa shape index (κ1) is 99.9. The molecule has 25 aromatic rings. The van der Waals surface area contributed by atoms with Gasteiger partial charge in [0.05, 0.1) is 5.69 Å². The standard InChI is InChI=1S/C24H20Si.C19H18Si.C13H10.3C12H9N.C12H10OP.C12H8O.C12H8S.C5H5N.C4H4N2/c1-5-13-21(14-6-1)25(22-15-7-2-8-16-22,23-17-9-3-10-18-23)24-19-11-4-12-20-24;1-20(17-11-5-2-6-12-17,18-13-7-3-8-14-18)19-15-9-4-10-16-19;1-3-7-12-10(5-1)9-11-6-2-4-8-13(11)12;1-2-5-10-9(4-1)8-12-11(10)6-3-7-13-12;1-2-4-11-9(3-1)7-10-8-13-6-5-12(10)11;1-2-4-11-9(3-1)7-10-5-6-13-8-12(10)11;13-14(11-7-3-1-4-8-11)12-9-5-2-6-10-12;2*1-3-7-11-9(5-1)10-6-2-4-8-12(10)13-11;1-2-4-6-5-3-1;1-2-5-4-6-3-1/h1-20H;2-16H,1H3;1-8H,9H2;1-7H,8H2;2*1-6,8H,7H2;1-10H;2*1-8H;1-5H;1-4H/q;;;;;;+1;;;;.